The van der Waals surface area contributed by atoms with E-state index in [0.29, 0.717) is 11.6 Å². The van der Waals surface area contributed by atoms with Crippen LogP contribution in [0.5, 0.6) is 5.75 Å². The molecule has 0 saturated carbocycles. The number of nitrogens with two attached hydrogens (primary N) is 1. The summed E-state index contributed by atoms with van der Waals surface area (Å²) in [5.41, 5.74) is 5.63. The normalized spacial score (nSPS) is 20.6. The molecular formula is C9H10BrN3O2. The molecule has 1 atom stereocenters. The number of fused-ring (bicyclic) bond motifs is 1. The molecule has 0 fully saturated rings. The fraction of sp³-hybridized carbons (Fsp3) is 0.333. The number of nitrogens with zero attached hydrogens (tertiary/aromatic N) is 2. The predicted octanol–water partition coefficient (Wildman–Crippen LogP) is 0.527. The van der Waals surface area contributed by atoms with Crippen molar-refractivity contribution < 1.29 is 9.53 Å². The van der Waals surface area contributed by atoms with Crippen LogP contribution < -0.4 is 15.4 Å². The standard InChI is InChI=1S/C9H10BrN3O2/c1-13-8-7(2-5(10)3-12-8)15-4-6(11)9(13)14/h2-3,6H,4,11H2,1H3. The summed E-state index contributed by atoms with van der Waals surface area (Å²) in [6.45, 7) is 0.175. The van der Waals surface area contributed by atoms with E-state index < -0.39 is 6.04 Å². The predicted molar refractivity (Wildman–Crippen MR) is 58.8 cm³/mol. The van der Waals surface area contributed by atoms with Gasteiger partial charge in [-0.2, -0.15) is 0 Å². The summed E-state index contributed by atoms with van der Waals surface area (Å²) in [6, 6.07) is 1.13. The van der Waals surface area contributed by atoms with Crippen molar-refractivity contribution in [3.8, 4) is 5.75 Å². The lowest BCUT2D eigenvalue weighted by atomic mass is 10.3. The van der Waals surface area contributed by atoms with Crippen molar-refractivity contribution in [1.82, 2.24) is 4.98 Å². The topological polar surface area (TPSA) is 68.5 Å². The number of carbonyl (C=O) groups excluding carboxylic acids is 1. The van der Waals surface area contributed by atoms with Crippen LogP contribution >= 0.6 is 15.9 Å². The van der Waals surface area contributed by atoms with Gasteiger partial charge in [-0.1, -0.05) is 0 Å². The second-order valence-electron chi connectivity index (χ2n) is 3.29. The fourth-order valence-corrected chi connectivity index (χ4v) is 1.69. The Kier molecular flexibility index (Phi) is 2.62. The summed E-state index contributed by atoms with van der Waals surface area (Å²) < 4.78 is 6.21. The molecule has 6 heteroatoms. The highest BCUT2D eigenvalue weighted by atomic mass is 79.9. The third-order valence-electron chi connectivity index (χ3n) is 2.18. The van der Waals surface area contributed by atoms with Crippen molar-refractivity contribution in [2.24, 2.45) is 5.73 Å². The monoisotopic (exact) mass is 271 g/mol. The Morgan fingerprint density at radius 3 is 3.20 bits per heavy atom. The number of rotatable bonds is 0. The molecular weight excluding hydrogens is 262 g/mol. The maximum absolute atomic E-state index is 11.7. The summed E-state index contributed by atoms with van der Waals surface area (Å²) in [6.07, 6.45) is 1.61. The number of ether oxygens (including phenoxy) is 1. The Balaban J connectivity index is 2.47. The third-order valence-corrected chi connectivity index (χ3v) is 2.62. The van der Waals surface area contributed by atoms with Gasteiger partial charge in [-0.15, -0.1) is 0 Å². The van der Waals surface area contributed by atoms with Gasteiger partial charge in [-0.05, 0) is 22.0 Å². The molecule has 1 unspecified atom stereocenters. The minimum absolute atomic E-state index is 0.175. The summed E-state index contributed by atoms with van der Waals surface area (Å²) in [5.74, 6) is 0.868. The zero-order valence-electron chi connectivity index (χ0n) is 8.11. The van der Waals surface area contributed by atoms with Crippen molar-refractivity contribution in [3.05, 3.63) is 16.7 Å². The van der Waals surface area contributed by atoms with Gasteiger partial charge in [-0.3, -0.25) is 9.69 Å². The van der Waals surface area contributed by atoms with E-state index in [9.17, 15) is 4.79 Å². The number of amides is 1. The van der Waals surface area contributed by atoms with Crippen molar-refractivity contribution >= 4 is 27.7 Å². The molecule has 15 heavy (non-hydrogen) atoms. The van der Waals surface area contributed by atoms with Crippen molar-refractivity contribution in [1.29, 1.82) is 0 Å². The molecule has 1 aliphatic heterocycles. The number of pyridine rings is 1. The molecule has 80 valence electrons. The Morgan fingerprint density at radius 1 is 1.73 bits per heavy atom. The van der Waals surface area contributed by atoms with Gasteiger partial charge in [0.25, 0.3) is 0 Å². The second kappa shape index (κ2) is 3.79. The van der Waals surface area contributed by atoms with E-state index >= 15 is 0 Å². The molecule has 2 rings (SSSR count). The highest BCUT2D eigenvalue weighted by molar-refractivity contribution is 9.10. The van der Waals surface area contributed by atoms with E-state index in [1.807, 2.05) is 0 Å². The Bertz CT molecular complexity index is 410. The molecule has 0 aromatic carbocycles. The number of anilines is 1. The van der Waals surface area contributed by atoms with Crippen LogP contribution in [-0.2, 0) is 4.79 Å². The molecule has 1 aromatic rings. The smallest absolute Gasteiger partial charge is 0.248 e. The van der Waals surface area contributed by atoms with E-state index in [1.165, 1.54) is 4.90 Å². The van der Waals surface area contributed by atoms with Crippen LogP contribution in [0.15, 0.2) is 16.7 Å². The summed E-state index contributed by atoms with van der Waals surface area (Å²) in [5, 5.41) is 0. The minimum Gasteiger partial charge on any atom is -0.487 e. The van der Waals surface area contributed by atoms with E-state index in [0.717, 1.165) is 4.47 Å². The van der Waals surface area contributed by atoms with Gasteiger partial charge < -0.3 is 10.5 Å². The average molecular weight is 272 g/mol. The highest BCUT2D eigenvalue weighted by Crippen LogP contribution is 2.30. The first-order valence-electron chi connectivity index (χ1n) is 4.41. The first kappa shape index (κ1) is 10.4. The van der Waals surface area contributed by atoms with Crippen LogP contribution in [0.1, 0.15) is 0 Å². The maximum atomic E-state index is 11.7. The lowest BCUT2D eigenvalue weighted by Gasteiger charge is -2.15. The molecule has 1 aromatic heterocycles. The average Bonchev–Trinajstić information content (AvgIpc) is 2.32. The van der Waals surface area contributed by atoms with Crippen molar-refractivity contribution in [2.45, 2.75) is 6.04 Å². The molecule has 0 bridgehead atoms. The lowest BCUT2D eigenvalue weighted by Crippen LogP contribution is -2.43. The second-order valence-corrected chi connectivity index (χ2v) is 4.21. The van der Waals surface area contributed by atoms with Gasteiger partial charge in [0.05, 0.1) is 0 Å². The summed E-state index contributed by atoms with van der Waals surface area (Å²) in [7, 11) is 1.64. The third kappa shape index (κ3) is 1.82. The Hall–Kier alpha value is -1.14. The van der Waals surface area contributed by atoms with Gasteiger partial charge in [0.2, 0.25) is 5.91 Å². The number of aromatic nitrogens is 1. The molecule has 2 N–H and O–H groups in total. The Labute approximate surface area is 95.3 Å². The van der Waals surface area contributed by atoms with E-state index in [4.69, 9.17) is 10.5 Å². The van der Waals surface area contributed by atoms with E-state index in [2.05, 4.69) is 20.9 Å². The molecule has 2 heterocycles. The number of hydrogen-bond donors (Lipinski definition) is 1. The van der Waals surface area contributed by atoms with Crippen LogP contribution in [-0.4, -0.2) is 30.6 Å². The summed E-state index contributed by atoms with van der Waals surface area (Å²) >= 11 is 3.29. The minimum atomic E-state index is -0.636. The maximum Gasteiger partial charge on any atom is 0.248 e. The fourth-order valence-electron chi connectivity index (χ4n) is 1.38. The largest absolute Gasteiger partial charge is 0.487 e. The highest BCUT2D eigenvalue weighted by Gasteiger charge is 2.27. The zero-order chi connectivity index (χ0) is 11.0. The SMILES string of the molecule is CN1C(=O)C(N)COc2cc(Br)cnc21. The van der Waals surface area contributed by atoms with Gasteiger partial charge >= 0.3 is 0 Å². The van der Waals surface area contributed by atoms with Crippen LogP contribution in [0.2, 0.25) is 0 Å². The number of halogens is 1. The van der Waals surface area contributed by atoms with Gasteiger partial charge in [-0.25, -0.2) is 4.98 Å². The van der Waals surface area contributed by atoms with Crippen LogP contribution in [0, 0.1) is 0 Å². The Morgan fingerprint density at radius 2 is 2.47 bits per heavy atom. The number of hydrogen-bond acceptors (Lipinski definition) is 4. The van der Waals surface area contributed by atoms with Gasteiger partial charge in [0, 0.05) is 17.7 Å². The number of likely N-dealkylation sites (N-methyl/N-ethyl adjacent to an activating group) is 1. The molecule has 1 amide bonds. The van der Waals surface area contributed by atoms with Crippen LogP contribution in [0.4, 0.5) is 5.82 Å². The molecule has 1 aliphatic rings. The van der Waals surface area contributed by atoms with Crippen molar-refractivity contribution in [2.75, 3.05) is 18.6 Å². The zero-order valence-corrected chi connectivity index (χ0v) is 9.69. The molecule has 0 aliphatic carbocycles. The molecule has 5 nitrogen and oxygen atoms in total. The first-order valence-corrected chi connectivity index (χ1v) is 5.20. The number of carbonyl (C=O) groups is 1. The van der Waals surface area contributed by atoms with Crippen LogP contribution in [0.3, 0.4) is 0 Å². The van der Waals surface area contributed by atoms with Gasteiger partial charge in [0.15, 0.2) is 11.6 Å². The van der Waals surface area contributed by atoms with E-state index in [1.54, 1.807) is 19.3 Å². The molecule has 0 spiro atoms. The lowest BCUT2D eigenvalue weighted by molar-refractivity contribution is -0.119. The van der Waals surface area contributed by atoms with E-state index in [-0.39, 0.29) is 12.5 Å². The molecule has 0 radical (unpaired) electrons. The summed E-state index contributed by atoms with van der Waals surface area (Å²) in [4.78, 5) is 17.2. The quantitative estimate of drug-likeness (QED) is 0.748. The van der Waals surface area contributed by atoms with Crippen LogP contribution in [0.25, 0.3) is 0 Å². The van der Waals surface area contributed by atoms with Crippen molar-refractivity contribution in [3.63, 3.8) is 0 Å². The molecule has 0 saturated heterocycles. The first-order chi connectivity index (χ1) is 7.09. The van der Waals surface area contributed by atoms with Gasteiger partial charge in [0.1, 0.15) is 12.6 Å².